The van der Waals surface area contributed by atoms with Crippen LogP contribution in [0.25, 0.3) is 0 Å². The van der Waals surface area contributed by atoms with Crippen molar-refractivity contribution in [2.45, 2.75) is 31.8 Å². The summed E-state index contributed by atoms with van der Waals surface area (Å²) in [5.41, 5.74) is 0. The van der Waals surface area contributed by atoms with Gasteiger partial charge in [0.1, 0.15) is 0 Å². The molecule has 1 heterocycles. The van der Waals surface area contributed by atoms with Gasteiger partial charge in [-0.15, -0.1) is 0 Å². The Bertz CT molecular complexity index is 180. The minimum absolute atomic E-state index is 0.623. The SMILES string of the molecule is CCNC(CCCOC)C1CSCCN1C. The molecule has 96 valence electrons. The molecular weight excluding hydrogens is 220 g/mol. The van der Waals surface area contributed by atoms with Crippen LogP contribution in [-0.4, -0.2) is 62.3 Å². The fraction of sp³-hybridized carbons (Fsp3) is 1.00. The maximum atomic E-state index is 5.14. The summed E-state index contributed by atoms with van der Waals surface area (Å²) in [6.07, 6.45) is 2.38. The minimum Gasteiger partial charge on any atom is -0.385 e. The zero-order valence-corrected chi connectivity index (χ0v) is 11.7. The van der Waals surface area contributed by atoms with Gasteiger partial charge in [-0.2, -0.15) is 11.8 Å². The molecule has 0 aromatic heterocycles. The van der Waals surface area contributed by atoms with Crippen LogP contribution in [0.1, 0.15) is 19.8 Å². The number of nitrogens with one attached hydrogen (secondary N) is 1. The maximum absolute atomic E-state index is 5.14. The first-order chi connectivity index (χ1) is 7.79. The summed E-state index contributed by atoms with van der Waals surface area (Å²) in [5, 5.41) is 3.63. The molecule has 1 fully saturated rings. The molecule has 1 rings (SSSR count). The quantitative estimate of drug-likeness (QED) is 0.687. The van der Waals surface area contributed by atoms with Crippen molar-refractivity contribution in [3.63, 3.8) is 0 Å². The van der Waals surface area contributed by atoms with Crippen LogP contribution >= 0.6 is 11.8 Å². The molecule has 16 heavy (non-hydrogen) atoms. The Hall–Kier alpha value is 0.230. The van der Waals surface area contributed by atoms with E-state index in [1.807, 2.05) is 0 Å². The monoisotopic (exact) mass is 246 g/mol. The average Bonchev–Trinajstić information content (AvgIpc) is 2.29. The van der Waals surface area contributed by atoms with Crippen LogP contribution in [0, 0.1) is 0 Å². The second-order valence-electron chi connectivity index (χ2n) is 4.42. The highest BCUT2D eigenvalue weighted by Crippen LogP contribution is 2.19. The summed E-state index contributed by atoms with van der Waals surface area (Å²) in [4.78, 5) is 2.51. The third-order valence-electron chi connectivity index (χ3n) is 3.24. The highest BCUT2D eigenvalue weighted by Gasteiger charge is 2.26. The van der Waals surface area contributed by atoms with Gasteiger partial charge in [0, 0.05) is 43.9 Å². The zero-order chi connectivity index (χ0) is 11.8. The molecule has 0 aromatic carbocycles. The summed E-state index contributed by atoms with van der Waals surface area (Å²) in [5.74, 6) is 2.55. The van der Waals surface area contributed by atoms with Crippen LogP contribution in [0.2, 0.25) is 0 Å². The lowest BCUT2D eigenvalue weighted by molar-refractivity contribution is 0.169. The largest absolute Gasteiger partial charge is 0.385 e. The number of nitrogens with zero attached hydrogens (tertiary/aromatic N) is 1. The molecule has 1 saturated heterocycles. The first-order valence-corrected chi connectivity index (χ1v) is 7.45. The molecule has 2 unspecified atom stereocenters. The number of methoxy groups -OCH3 is 1. The lowest BCUT2D eigenvalue weighted by atomic mass is 10.0. The van der Waals surface area contributed by atoms with Crippen molar-refractivity contribution in [2.24, 2.45) is 0 Å². The molecule has 3 nitrogen and oxygen atoms in total. The topological polar surface area (TPSA) is 24.5 Å². The Morgan fingerprint density at radius 3 is 3.00 bits per heavy atom. The number of rotatable bonds is 7. The van der Waals surface area contributed by atoms with Crippen LogP contribution in [0.4, 0.5) is 0 Å². The van der Waals surface area contributed by atoms with Crippen LogP contribution in [0.15, 0.2) is 0 Å². The van der Waals surface area contributed by atoms with Gasteiger partial charge in [0.05, 0.1) is 0 Å². The standard InChI is InChI=1S/C12H26N2OS/c1-4-13-11(6-5-8-15-3)12-10-16-9-7-14(12)2/h11-13H,4-10H2,1-3H3. The van der Waals surface area contributed by atoms with Crippen LogP contribution in [-0.2, 0) is 4.74 Å². The second-order valence-corrected chi connectivity index (χ2v) is 5.57. The Morgan fingerprint density at radius 1 is 1.56 bits per heavy atom. The zero-order valence-electron chi connectivity index (χ0n) is 10.9. The van der Waals surface area contributed by atoms with E-state index in [1.165, 1.54) is 24.5 Å². The summed E-state index contributed by atoms with van der Waals surface area (Å²) < 4.78 is 5.14. The molecule has 0 aromatic rings. The number of ether oxygens (including phenoxy) is 1. The van der Waals surface area contributed by atoms with Crippen molar-refractivity contribution < 1.29 is 4.74 Å². The fourth-order valence-corrected chi connectivity index (χ4v) is 3.58. The molecule has 0 bridgehead atoms. The van der Waals surface area contributed by atoms with Gasteiger partial charge in [-0.1, -0.05) is 6.92 Å². The Morgan fingerprint density at radius 2 is 2.38 bits per heavy atom. The van der Waals surface area contributed by atoms with Gasteiger partial charge in [0.15, 0.2) is 0 Å². The van der Waals surface area contributed by atoms with Gasteiger partial charge < -0.3 is 15.0 Å². The lowest BCUT2D eigenvalue weighted by Gasteiger charge is -2.38. The summed E-state index contributed by atoms with van der Waals surface area (Å²) in [6.45, 7) is 5.36. The van der Waals surface area contributed by atoms with Crippen molar-refractivity contribution in [1.29, 1.82) is 0 Å². The number of thioether (sulfide) groups is 1. The molecular formula is C12H26N2OS. The molecule has 0 amide bonds. The average molecular weight is 246 g/mol. The normalized spacial score (nSPS) is 24.6. The first kappa shape index (κ1) is 14.3. The van der Waals surface area contributed by atoms with E-state index in [0.717, 1.165) is 19.6 Å². The van der Waals surface area contributed by atoms with E-state index in [0.29, 0.717) is 12.1 Å². The van der Waals surface area contributed by atoms with Crippen LogP contribution in [0.5, 0.6) is 0 Å². The minimum atomic E-state index is 0.623. The van der Waals surface area contributed by atoms with E-state index in [-0.39, 0.29) is 0 Å². The van der Waals surface area contributed by atoms with Crippen molar-refractivity contribution in [3.8, 4) is 0 Å². The molecule has 2 atom stereocenters. The molecule has 0 spiro atoms. The lowest BCUT2D eigenvalue weighted by Crippen LogP contribution is -2.52. The van der Waals surface area contributed by atoms with Gasteiger partial charge in [-0.25, -0.2) is 0 Å². The van der Waals surface area contributed by atoms with Crippen molar-refractivity contribution in [3.05, 3.63) is 0 Å². The second kappa shape index (κ2) is 8.34. The third kappa shape index (κ3) is 4.62. The molecule has 1 aliphatic heterocycles. The van der Waals surface area contributed by atoms with Gasteiger partial charge in [-0.3, -0.25) is 0 Å². The van der Waals surface area contributed by atoms with E-state index in [2.05, 4.69) is 35.9 Å². The van der Waals surface area contributed by atoms with E-state index >= 15 is 0 Å². The number of hydrogen-bond donors (Lipinski definition) is 1. The predicted octanol–water partition coefficient (Wildman–Crippen LogP) is 1.44. The number of likely N-dealkylation sites (N-methyl/N-ethyl adjacent to an activating group) is 2. The summed E-state index contributed by atoms with van der Waals surface area (Å²) in [6, 6.07) is 1.31. The Labute approximate surface area is 104 Å². The van der Waals surface area contributed by atoms with Crippen LogP contribution in [0.3, 0.4) is 0 Å². The van der Waals surface area contributed by atoms with Crippen LogP contribution < -0.4 is 5.32 Å². The van der Waals surface area contributed by atoms with Crippen molar-refractivity contribution >= 4 is 11.8 Å². The molecule has 0 radical (unpaired) electrons. The van der Waals surface area contributed by atoms with Gasteiger partial charge >= 0.3 is 0 Å². The number of hydrogen-bond acceptors (Lipinski definition) is 4. The molecule has 0 aliphatic carbocycles. The van der Waals surface area contributed by atoms with E-state index in [9.17, 15) is 0 Å². The highest BCUT2D eigenvalue weighted by molar-refractivity contribution is 7.99. The van der Waals surface area contributed by atoms with E-state index in [1.54, 1.807) is 7.11 Å². The van der Waals surface area contributed by atoms with E-state index in [4.69, 9.17) is 4.74 Å². The van der Waals surface area contributed by atoms with Crippen molar-refractivity contribution in [1.82, 2.24) is 10.2 Å². The maximum Gasteiger partial charge on any atom is 0.0462 e. The first-order valence-electron chi connectivity index (χ1n) is 6.30. The Balaban J connectivity index is 2.39. The van der Waals surface area contributed by atoms with Gasteiger partial charge in [0.2, 0.25) is 0 Å². The molecule has 0 saturated carbocycles. The molecule has 1 N–H and O–H groups in total. The smallest absolute Gasteiger partial charge is 0.0462 e. The molecule has 1 aliphatic rings. The summed E-state index contributed by atoms with van der Waals surface area (Å²) in [7, 11) is 4.04. The predicted molar refractivity (Wildman–Crippen MR) is 72.3 cm³/mol. The van der Waals surface area contributed by atoms with Gasteiger partial charge in [-0.05, 0) is 26.4 Å². The van der Waals surface area contributed by atoms with Crippen molar-refractivity contribution in [2.75, 3.05) is 45.4 Å². The Kier molecular flexibility index (Phi) is 7.45. The third-order valence-corrected chi connectivity index (χ3v) is 4.29. The van der Waals surface area contributed by atoms with Gasteiger partial charge in [0.25, 0.3) is 0 Å². The molecule has 4 heteroatoms. The summed E-state index contributed by atoms with van der Waals surface area (Å²) >= 11 is 2.09. The fourth-order valence-electron chi connectivity index (χ4n) is 2.27. The highest BCUT2D eigenvalue weighted by atomic mass is 32.2. The van der Waals surface area contributed by atoms with E-state index < -0.39 is 0 Å².